The molecular formula is C11H25NO2S. The van der Waals surface area contributed by atoms with Crippen LogP contribution in [0.15, 0.2) is 0 Å². The zero-order chi connectivity index (χ0) is 12.1. The summed E-state index contributed by atoms with van der Waals surface area (Å²) in [5, 5.41) is 3.40. The Morgan fingerprint density at radius 3 is 2.00 bits per heavy atom. The maximum atomic E-state index is 11.4. The van der Waals surface area contributed by atoms with E-state index in [1.54, 1.807) is 6.92 Å². The van der Waals surface area contributed by atoms with Crippen molar-refractivity contribution in [2.75, 3.05) is 11.5 Å². The molecule has 0 saturated carbocycles. The van der Waals surface area contributed by atoms with E-state index in [9.17, 15) is 8.42 Å². The summed E-state index contributed by atoms with van der Waals surface area (Å²) in [5.74, 6) is 0.465. The quantitative estimate of drug-likeness (QED) is 0.734. The maximum Gasteiger partial charge on any atom is 0.151 e. The lowest BCUT2D eigenvalue weighted by Crippen LogP contribution is -2.48. The first-order valence-electron chi connectivity index (χ1n) is 5.76. The minimum Gasteiger partial charge on any atom is -0.308 e. The van der Waals surface area contributed by atoms with E-state index in [0.717, 1.165) is 12.8 Å². The molecule has 0 radical (unpaired) electrons. The molecule has 3 nitrogen and oxygen atoms in total. The first-order valence-corrected chi connectivity index (χ1v) is 7.58. The van der Waals surface area contributed by atoms with Crippen LogP contribution < -0.4 is 5.32 Å². The van der Waals surface area contributed by atoms with Crippen molar-refractivity contribution in [1.82, 2.24) is 5.32 Å². The molecule has 0 rings (SSSR count). The highest BCUT2D eigenvalue weighted by Crippen LogP contribution is 2.14. The molecule has 4 heteroatoms. The van der Waals surface area contributed by atoms with Gasteiger partial charge in [-0.1, -0.05) is 20.8 Å². The standard InChI is InChI=1S/C11H25NO2S/c1-6-11(5,7-2)12-10(4)9-15(13,14)8-3/h10,12H,6-9H2,1-5H3. The topological polar surface area (TPSA) is 46.2 Å². The predicted octanol–water partition coefficient (Wildman–Crippen LogP) is 1.98. The van der Waals surface area contributed by atoms with Crippen molar-refractivity contribution in [3.63, 3.8) is 0 Å². The summed E-state index contributed by atoms with van der Waals surface area (Å²) in [4.78, 5) is 0. The highest BCUT2D eigenvalue weighted by Gasteiger charge is 2.23. The second-order valence-corrected chi connectivity index (χ2v) is 6.91. The monoisotopic (exact) mass is 235 g/mol. The van der Waals surface area contributed by atoms with E-state index in [0.29, 0.717) is 0 Å². The molecule has 1 N–H and O–H groups in total. The lowest BCUT2D eigenvalue weighted by atomic mass is 9.95. The molecule has 0 aliphatic heterocycles. The first-order chi connectivity index (χ1) is 6.78. The van der Waals surface area contributed by atoms with Gasteiger partial charge in [-0.05, 0) is 26.7 Å². The van der Waals surface area contributed by atoms with Gasteiger partial charge in [0, 0.05) is 17.3 Å². The van der Waals surface area contributed by atoms with Gasteiger partial charge in [-0.15, -0.1) is 0 Å². The summed E-state index contributed by atoms with van der Waals surface area (Å²) < 4.78 is 22.9. The molecule has 0 amide bonds. The summed E-state index contributed by atoms with van der Waals surface area (Å²) in [6, 6.07) is 0.0276. The summed E-state index contributed by atoms with van der Waals surface area (Å²) >= 11 is 0. The Morgan fingerprint density at radius 2 is 1.67 bits per heavy atom. The zero-order valence-corrected chi connectivity index (χ0v) is 11.4. The van der Waals surface area contributed by atoms with E-state index in [2.05, 4.69) is 26.1 Å². The molecule has 0 fully saturated rings. The van der Waals surface area contributed by atoms with Gasteiger partial charge in [-0.25, -0.2) is 8.42 Å². The fourth-order valence-corrected chi connectivity index (χ4v) is 2.67. The third-order valence-electron chi connectivity index (χ3n) is 3.10. The Kier molecular flexibility index (Phi) is 5.81. The second kappa shape index (κ2) is 5.85. The first kappa shape index (κ1) is 14.9. The summed E-state index contributed by atoms with van der Waals surface area (Å²) in [5.41, 5.74) is 0.0582. The van der Waals surface area contributed by atoms with Crippen molar-refractivity contribution in [1.29, 1.82) is 0 Å². The molecule has 0 heterocycles. The molecule has 0 aliphatic rings. The van der Waals surface area contributed by atoms with Crippen LogP contribution in [-0.4, -0.2) is 31.5 Å². The fourth-order valence-electron chi connectivity index (χ4n) is 1.59. The Hall–Kier alpha value is -0.0900. The van der Waals surface area contributed by atoms with Gasteiger partial charge in [0.1, 0.15) is 0 Å². The van der Waals surface area contributed by atoms with Gasteiger partial charge in [-0.2, -0.15) is 0 Å². The largest absolute Gasteiger partial charge is 0.308 e. The van der Waals surface area contributed by atoms with Crippen LogP contribution in [0.1, 0.15) is 47.5 Å². The summed E-state index contributed by atoms with van der Waals surface area (Å²) in [6.45, 7) is 10.0. The lowest BCUT2D eigenvalue weighted by Gasteiger charge is -2.32. The predicted molar refractivity (Wildman–Crippen MR) is 65.9 cm³/mol. The number of rotatable bonds is 7. The van der Waals surface area contributed by atoms with Crippen LogP contribution >= 0.6 is 0 Å². The van der Waals surface area contributed by atoms with Crippen LogP contribution in [-0.2, 0) is 9.84 Å². The van der Waals surface area contributed by atoms with Crippen molar-refractivity contribution in [3.05, 3.63) is 0 Å². The van der Waals surface area contributed by atoms with E-state index in [1.165, 1.54) is 0 Å². The molecule has 0 bridgehead atoms. The molecular weight excluding hydrogens is 210 g/mol. The van der Waals surface area contributed by atoms with E-state index in [1.807, 2.05) is 6.92 Å². The molecule has 0 aromatic heterocycles. The highest BCUT2D eigenvalue weighted by atomic mass is 32.2. The van der Waals surface area contributed by atoms with Crippen LogP contribution in [0.4, 0.5) is 0 Å². The molecule has 0 aromatic carbocycles. The van der Waals surface area contributed by atoms with Gasteiger partial charge in [0.2, 0.25) is 0 Å². The average Bonchev–Trinajstić information content (AvgIpc) is 2.16. The van der Waals surface area contributed by atoms with Crippen LogP contribution in [0, 0.1) is 0 Å². The van der Waals surface area contributed by atoms with Gasteiger partial charge in [0.05, 0.1) is 5.75 Å². The second-order valence-electron chi connectivity index (χ2n) is 4.51. The Labute approximate surface area is 94.6 Å². The third-order valence-corrected chi connectivity index (χ3v) is 4.99. The summed E-state index contributed by atoms with van der Waals surface area (Å²) in [6.07, 6.45) is 2.03. The molecule has 0 aliphatic carbocycles. The minimum atomic E-state index is -2.87. The Balaban J connectivity index is 4.31. The van der Waals surface area contributed by atoms with Crippen molar-refractivity contribution in [2.24, 2.45) is 0 Å². The van der Waals surface area contributed by atoms with Gasteiger partial charge >= 0.3 is 0 Å². The molecule has 92 valence electrons. The van der Waals surface area contributed by atoms with Crippen LogP contribution in [0.5, 0.6) is 0 Å². The fraction of sp³-hybridized carbons (Fsp3) is 1.00. The molecule has 1 unspecified atom stereocenters. The van der Waals surface area contributed by atoms with Crippen LogP contribution in [0.25, 0.3) is 0 Å². The van der Waals surface area contributed by atoms with E-state index >= 15 is 0 Å². The van der Waals surface area contributed by atoms with Gasteiger partial charge in [-0.3, -0.25) is 0 Å². The minimum absolute atomic E-state index is 0.0276. The van der Waals surface area contributed by atoms with Gasteiger partial charge in [0.15, 0.2) is 9.84 Å². The van der Waals surface area contributed by atoms with Crippen molar-refractivity contribution in [3.8, 4) is 0 Å². The van der Waals surface area contributed by atoms with Gasteiger partial charge in [0.25, 0.3) is 0 Å². The number of hydrogen-bond donors (Lipinski definition) is 1. The SMILES string of the molecule is CCC(C)(CC)NC(C)CS(=O)(=O)CC. The number of nitrogens with one attached hydrogen (secondary N) is 1. The highest BCUT2D eigenvalue weighted by molar-refractivity contribution is 7.91. The van der Waals surface area contributed by atoms with Crippen molar-refractivity contribution in [2.45, 2.75) is 59.0 Å². The molecule has 1 atom stereocenters. The smallest absolute Gasteiger partial charge is 0.151 e. The van der Waals surface area contributed by atoms with Gasteiger partial charge < -0.3 is 5.32 Å². The number of hydrogen-bond acceptors (Lipinski definition) is 3. The lowest BCUT2D eigenvalue weighted by molar-refractivity contribution is 0.306. The van der Waals surface area contributed by atoms with Crippen molar-refractivity contribution >= 4 is 9.84 Å². The van der Waals surface area contributed by atoms with E-state index in [-0.39, 0.29) is 23.1 Å². The molecule has 0 saturated heterocycles. The summed E-state index contributed by atoms with van der Waals surface area (Å²) in [7, 11) is -2.87. The molecule has 0 spiro atoms. The number of sulfone groups is 1. The normalized spacial score (nSPS) is 15.3. The average molecular weight is 235 g/mol. The van der Waals surface area contributed by atoms with E-state index in [4.69, 9.17) is 0 Å². The third kappa shape index (κ3) is 5.52. The maximum absolute atomic E-state index is 11.4. The Bertz CT molecular complexity index is 268. The van der Waals surface area contributed by atoms with Crippen molar-refractivity contribution < 1.29 is 8.42 Å². The molecule has 0 aromatic rings. The molecule has 15 heavy (non-hydrogen) atoms. The van der Waals surface area contributed by atoms with Crippen LogP contribution in [0.2, 0.25) is 0 Å². The van der Waals surface area contributed by atoms with Crippen LogP contribution in [0.3, 0.4) is 0 Å². The zero-order valence-electron chi connectivity index (χ0n) is 10.6. The van der Waals surface area contributed by atoms with E-state index < -0.39 is 9.84 Å². The Morgan fingerprint density at radius 1 is 1.20 bits per heavy atom.